The molecule has 0 bridgehead atoms. The summed E-state index contributed by atoms with van der Waals surface area (Å²) >= 11 is 1.47. The number of furan rings is 1. The lowest BCUT2D eigenvalue weighted by Gasteiger charge is -2.10. The van der Waals surface area contributed by atoms with Crippen molar-refractivity contribution < 1.29 is 13.0 Å². The molecule has 0 fully saturated rings. The highest BCUT2D eigenvalue weighted by Crippen LogP contribution is 2.27. The Labute approximate surface area is 134 Å². The Morgan fingerprint density at radius 3 is 2.77 bits per heavy atom. The summed E-state index contributed by atoms with van der Waals surface area (Å²) in [6.07, 6.45) is 1.60. The molecule has 2 atom stereocenters. The average molecular weight is 335 g/mol. The van der Waals surface area contributed by atoms with Crippen molar-refractivity contribution in [2.24, 2.45) is 0 Å². The number of hydrogen-bond donors (Lipinski definition) is 0. The molecule has 0 radical (unpaired) electrons. The number of benzene rings is 1. The van der Waals surface area contributed by atoms with E-state index in [1.165, 1.54) is 23.5 Å². The maximum Gasteiger partial charge on any atom is 0.162 e. The Morgan fingerprint density at radius 2 is 2.09 bits per heavy atom. The zero-order valence-electron chi connectivity index (χ0n) is 11.9. The van der Waals surface area contributed by atoms with Crippen LogP contribution in [0.3, 0.4) is 0 Å². The summed E-state index contributed by atoms with van der Waals surface area (Å²) in [4.78, 5) is 4.45. The molecular formula is C16H14FNO2S2. The van der Waals surface area contributed by atoms with Gasteiger partial charge < -0.3 is 4.42 Å². The van der Waals surface area contributed by atoms with Crippen LogP contribution >= 0.6 is 11.3 Å². The number of nitrogens with zero attached hydrogens (tertiary/aromatic N) is 1. The summed E-state index contributed by atoms with van der Waals surface area (Å²) in [6.45, 7) is 1.88. The van der Waals surface area contributed by atoms with Crippen LogP contribution in [0.15, 0.2) is 52.5 Å². The Balaban J connectivity index is 1.70. The summed E-state index contributed by atoms with van der Waals surface area (Å²) in [5, 5.41) is 2.51. The zero-order chi connectivity index (χ0) is 15.5. The molecule has 3 nitrogen and oxygen atoms in total. The molecule has 6 heteroatoms. The summed E-state index contributed by atoms with van der Waals surface area (Å²) in [6, 6.07) is 9.79. The van der Waals surface area contributed by atoms with Gasteiger partial charge in [-0.15, -0.1) is 11.3 Å². The fraction of sp³-hybridized carbons (Fsp3) is 0.188. The maximum absolute atomic E-state index is 12.9. The Bertz CT molecular complexity index is 766. The van der Waals surface area contributed by atoms with Gasteiger partial charge in [-0.1, -0.05) is 12.1 Å². The van der Waals surface area contributed by atoms with E-state index in [1.54, 1.807) is 18.4 Å². The van der Waals surface area contributed by atoms with E-state index in [0.717, 1.165) is 16.3 Å². The van der Waals surface area contributed by atoms with Crippen LogP contribution in [0.1, 0.15) is 23.4 Å². The lowest BCUT2D eigenvalue weighted by Crippen LogP contribution is -2.05. The minimum absolute atomic E-state index is 0.172. The Hall–Kier alpha value is -1.79. The van der Waals surface area contributed by atoms with E-state index in [-0.39, 0.29) is 11.1 Å². The van der Waals surface area contributed by atoms with Gasteiger partial charge >= 0.3 is 0 Å². The van der Waals surface area contributed by atoms with Crippen LogP contribution in [0, 0.1) is 5.82 Å². The molecule has 0 spiro atoms. The third kappa shape index (κ3) is 3.34. The van der Waals surface area contributed by atoms with Crippen molar-refractivity contribution in [3.8, 4) is 10.8 Å². The van der Waals surface area contributed by atoms with Crippen molar-refractivity contribution >= 4 is 22.1 Å². The molecule has 0 saturated heterocycles. The molecule has 3 aromatic rings. The molecule has 2 heterocycles. The van der Waals surface area contributed by atoms with E-state index in [4.69, 9.17) is 4.42 Å². The van der Waals surface area contributed by atoms with Gasteiger partial charge in [0.25, 0.3) is 0 Å². The quantitative estimate of drug-likeness (QED) is 0.687. The second-order valence-electron chi connectivity index (χ2n) is 4.84. The fourth-order valence-electron chi connectivity index (χ4n) is 2.04. The van der Waals surface area contributed by atoms with Crippen molar-refractivity contribution in [3.05, 3.63) is 65.1 Å². The SMILES string of the molecule is C[C@@H](c1ccc(F)cc1)[S@](=O)Cc1csc(-c2ccco2)n1. The summed E-state index contributed by atoms with van der Waals surface area (Å²) in [5.74, 6) is 0.799. The highest BCUT2D eigenvalue weighted by Gasteiger charge is 2.16. The third-order valence-electron chi connectivity index (χ3n) is 3.31. The Kier molecular flexibility index (Phi) is 4.49. The van der Waals surface area contributed by atoms with E-state index in [2.05, 4.69) is 4.98 Å². The molecule has 0 N–H and O–H groups in total. The van der Waals surface area contributed by atoms with Gasteiger partial charge in [-0.25, -0.2) is 9.37 Å². The number of thiazole rings is 1. The topological polar surface area (TPSA) is 43.1 Å². The predicted octanol–water partition coefficient (Wildman–Crippen LogP) is 4.55. The smallest absolute Gasteiger partial charge is 0.162 e. The van der Waals surface area contributed by atoms with Gasteiger partial charge in [0, 0.05) is 16.2 Å². The first kappa shape index (κ1) is 15.1. The third-order valence-corrected chi connectivity index (χ3v) is 5.85. The fourth-order valence-corrected chi connectivity index (χ4v) is 4.08. The number of aromatic nitrogens is 1. The van der Waals surface area contributed by atoms with Crippen molar-refractivity contribution in [3.63, 3.8) is 0 Å². The molecular weight excluding hydrogens is 321 g/mol. The van der Waals surface area contributed by atoms with Crippen LogP contribution in [0.5, 0.6) is 0 Å². The lowest BCUT2D eigenvalue weighted by molar-refractivity contribution is 0.581. The van der Waals surface area contributed by atoms with Gasteiger partial charge in [0.1, 0.15) is 5.82 Å². The van der Waals surface area contributed by atoms with Crippen LogP contribution in [-0.2, 0) is 16.6 Å². The van der Waals surface area contributed by atoms with Crippen LogP contribution in [0.25, 0.3) is 10.8 Å². The second-order valence-corrected chi connectivity index (χ2v) is 7.46. The molecule has 0 aliphatic carbocycles. The van der Waals surface area contributed by atoms with Crippen LogP contribution in [0.2, 0.25) is 0 Å². The van der Waals surface area contributed by atoms with Crippen molar-refractivity contribution in [1.82, 2.24) is 4.98 Å². The molecule has 0 aliphatic heterocycles. The van der Waals surface area contributed by atoms with E-state index >= 15 is 0 Å². The minimum Gasteiger partial charge on any atom is -0.462 e. The summed E-state index contributed by atoms with van der Waals surface area (Å²) in [5.41, 5.74) is 1.64. The number of hydrogen-bond acceptors (Lipinski definition) is 4. The van der Waals surface area contributed by atoms with E-state index in [0.29, 0.717) is 11.5 Å². The lowest BCUT2D eigenvalue weighted by atomic mass is 10.2. The monoisotopic (exact) mass is 335 g/mol. The molecule has 3 rings (SSSR count). The normalized spacial score (nSPS) is 13.9. The van der Waals surface area contributed by atoms with Crippen molar-refractivity contribution in [1.29, 1.82) is 0 Å². The molecule has 2 aromatic heterocycles. The van der Waals surface area contributed by atoms with Gasteiger partial charge in [0.2, 0.25) is 0 Å². The van der Waals surface area contributed by atoms with Crippen molar-refractivity contribution in [2.75, 3.05) is 0 Å². The predicted molar refractivity (Wildman–Crippen MR) is 86.5 cm³/mol. The van der Waals surface area contributed by atoms with Gasteiger partial charge in [0.05, 0.1) is 23.0 Å². The zero-order valence-corrected chi connectivity index (χ0v) is 13.5. The first-order valence-corrected chi connectivity index (χ1v) is 9.00. The minimum atomic E-state index is -1.12. The highest BCUT2D eigenvalue weighted by atomic mass is 32.2. The van der Waals surface area contributed by atoms with E-state index < -0.39 is 10.8 Å². The largest absolute Gasteiger partial charge is 0.462 e. The number of halogens is 1. The summed E-state index contributed by atoms with van der Waals surface area (Å²) < 4.78 is 30.7. The molecule has 0 aliphatic rings. The van der Waals surface area contributed by atoms with Gasteiger partial charge in [-0.3, -0.25) is 4.21 Å². The first-order valence-electron chi connectivity index (χ1n) is 6.74. The van der Waals surface area contributed by atoms with E-state index in [1.807, 2.05) is 24.4 Å². The van der Waals surface area contributed by atoms with Crippen LogP contribution in [-0.4, -0.2) is 9.19 Å². The summed E-state index contributed by atoms with van der Waals surface area (Å²) in [7, 11) is -1.12. The molecule has 114 valence electrons. The molecule has 0 amide bonds. The van der Waals surface area contributed by atoms with Crippen LogP contribution < -0.4 is 0 Å². The molecule has 0 saturated carbocycles. The molecule has 22 heavy (non-hydrogen) atoms. The van der Waals surface area contributed by atoms with Gasteiger partial charge in [0.15, 0.2) is 10.8 Å². The van der Waals surface area contributed by atoms with Crippen molar-refractivity contribution in [2.45, 2.75) is 17.9 Å². The first-order chi connectivity index (χ1) is 10.6. The van der Waals surface area contributed by atoms with Crippen LogP contribution in [0.4, 0.5) is 4.39 Å². The second kappa shape index (κ2) is 6.54. The van der Waals surface area contributed by atoms with E-state index in [9.17, 15) is 8.60 Å². The number of rotatable bonds is 5. The maximum atomic E-state index is 12.9. The standard InChI is InChI=1S/C16H14FNO2S2/c1-11(12-4-6-13(17)7-5-12)22(19)10-14-9-21-16(18-14)15-3-2-8-20-15/h2-9,11H,10H2,1H3/t11-,22+/m0/s1. The van der Waals surface area contributed by atoms with Gasteiger partial charge in [-0.2, -0.15) is 0 Å². The van der Waals surface area contributed by atoms with Gasteiger partial charge in [-0.05, 0) is 36.8 Å². The molecule has 1 aromatic carbocycles. The average Bonchev–Trinajstić information content (AvgIpc) is 3.18. The highest BCUT2D eigenvalue weighted by molar-refractivity contribution is 7.84. The molecule has 0 unspecified atom stereocenters. The Morgan fingerprint density at radius 1 is 1.32 bits per heavy atom.